The van der Waals surface area contributed by atoms with Gasteiger partial charge in [-0.15, -0.1) is 0 Å². The summed E-state index contributed by atoms with van der Waals surface area (Å²) < 4.78 is 4.69. The lowest BCUT2D eigenvalue weighted by atomic mass is 10.2. The van der Waals surface area contributed by atoms with Crippen molar-refractivity contribution < 1.29 is 20.1 Å². The van der Waals surface area contributed by atoms with Gasteiger partial charge < -0.3 is 20.1 Å². The number of rotatable bonds is 2. The molecule has 12 heavy (non-hydrogen) atoms. The van der Waals surface area contributed by atoms with Gasteiger partial charge in [-0.1, -0.05) is 0 Å². The molecular formula is C8H10O4. The summed E-state index contributed by atoms with van der Waals surface area (Å²) in [5, 5.41) is 27.1. The lowest BCUT2D eigenvalue weighted by Gasteiger charge is -2.06. The lowest BCUT2D eigenvalue weighted by molar-refractivity contribution is 0.279. The highest BCUT2D eigenvalue weighted by Crippen LogP contribution is 2.36. The highest BCUT2D eigenvalue weighted by atomic mass is 16.5. The van der Waals surface area contributed by atoms with Crippen LogP contribution in [-0.4, -0.2) is 22.4 Å². The van der Waals surface area contributed by atoms with E-state index in [4.69, 9.17) is 9.84 Å². The number of phenols is 2. The van der Waals surface area contributed by atoms with Crippen molar-refractivity contribution in [2.45, 2.75) is 6.61 Å². The molecule has 0 atom stereocenters. The Morgan fingerprint density at radius 2 is 1.75 bits per heavy atom. The summed E-state index contributed by atoms with van der Waals surface area (Å²) in [4.78, 5) is 0. The maximum absolute atomic E-state index is 9.21. The summed E-state index contributed by atoms with van der Waals surface area (Å²) in [5.41, 5.74) is 0.436. The monoisotopic (exact) mass is 170 g/mol. The molecule has 3 N–H and O–H groups in total. The van der Waals surface area contributed by atoms with E-state index in [0.717, 1.165) is 0 Å². The Kier molecular flexibility index (Phi) is 2.40. The second kappa shape index (κ2) is 3.32. The Bertz CT molecular complexity index is 259. The fourth-order valence-electron chi connectivity index (χ4n) is 0.956. The topological polar surface area (TPSA) is 69.9 Å². The number of aliphatic hydroxyl groups is 1. The van der Waals surface area contributed by atoms with Crippen molar-refractivity contribution in [2.24, 2.45) is 0 Å². The maximum atomic E-state index is 9.21. The number of methoxy groups -OCH3 is 1. The van der Waals surface area contributed by atoms with Gasteiger partial charge in [0.2, 0.25) is 5.75 Å². The van der Waals surface area contributed by atoms with E-state index in [-0.39, 0.29) is 23.9 Å². The normalized spacial score (nSPS) is 9.83. The molecule has 0 radical (unpaired) electrons. The van der Waals surface area contributed by atoms with Crippen LogP contribution in [0.15, 0.2) is 12.1 Å². The molecule has 0 saturated heterocycles. The lowest BCUT2D eigenvalue weighted by Crippen LogP contribution is -1.88. The van der Waals surface area contributed by atoms with E-state index in [9.17, 15) is 10.2 Å². The van der Waals surface area contributed by atoms with Crippen LogP contribution in [0.5, 0.6) is 17.2 Å². The van der Waals surface area contributed by atoms with Gasteiger partial charge in [-0.3, -0.25) is 0 Å². The van der Waals surface area contributed by atoms with Crippen LogP contribution >= 0.6 is 0 Å². The van der Waals surface area contributed by atoms with Crippen LogP contribution in [0.3, 0.4) is 0 Å². The number of hydrogen-bond donors (Lipinski definition) is 3. The third-order valence-electron chi connectivity index (χ3n) is 1.50. The molecule has 1 aromatic carbocycles. The Labute approximate surface area is 69.7 Å². The van der Waals surface area contributed by atoms with Crippen LogP contribution < -0.4 is 4.74 Å². The number of aromatic hydroxyl groups is 2. The standard InChI is InChI=1S/C8H10O4/c1-12-8-6(10)2-5(4-9)3-7(8)11/h2-3,9-11H,4H2,1H3. The molecule has 0 heterocycles. The molecule has 1 aromatic rings. The minimum absolute atomic E-state index is 0.0206. The molecule has 4 nitrogen and oxygen atoms in total. The summed E-state index contributed by atoms with van der Waals surface area (Å²) in [5.74, 6) is -0.338. The van der Waals surface area contributed by atoms with E-state index < -0.39 is 0 Å². The molecule has 0 bridgehead atoms. The largest absolute Gasteiger partial charge is 0.504 e. The maximum Gasteiger partial charge on any atom is 0.202 e. The van der Waals surface area contributed by atoms with Gasteiger partial charge in [0.05, 0.1) is 13.7 Å². The van der Waals surface area contributed by atoms with Crippen molar-refractivity contribution in [1.82, 2.24) is 0 Å². The molecule has 66 valence electrons. The molecule has 0 aromatic heterocycles. The van der Waals surface area contributed by atoms with Crippen LogP contribution in [0.1, 0.15) is 5.56 Å². The number of aliphatic hydroxyl groups excluding tert-OH is 1. The Hall–Kier alpha value is -1.42. The summed E-state index contributed by atoms with van der Waals surface area (Å²) in [6.07, 6.45) is 0. The van der Waals surface area contributed by atoms with Crippen LogP contribution in [0.25, 0.3) is 0 Å². The zero-order valence-corrected chi connectivity index (χ0v) is 6.61. The molecule has 4 heteroatoms. The highest BCUT2D eigenvalue weighted by molar-refractivity contribution is 5.51. The highest BCUT2D eigenvalue weighted by Gasteiger charge is 2.08. The van der Waals surface area contributed by atoms with Gasteiger partial charge in [-0.25, -0.2) is 0 Å². The first-order valence-electron chi connectivity index (χ1n) is 3.38. The van der Waals surface area contributed by atoms with Gasteiger partial charge >= 0.3 is 0 Å². The molecule has 0 amide bonds. The first-order chi connectivity index (χ1) is 5.69. The second-order valence-corrected chi connectivity index (χ2v) is 2.33. The van der Waals surface area contributed by atoms with Crippen molar-refractivity contribution in [1.29, 1.82) is 0 Å². The van der Waals surface area contributed by atoms with E-state index >= 15 is 0 Å². The van der Waals surface area contributed by atoms with Crippen molar-refractivity contribution in [3.63, 3.8) is 0 Å². The quantitative estimate of drug-likeness (QED) is 0.607. The van der Waals surface area contributed by atoms with Crippen molar-refractivity contribution in [3.05, 3.63) is 17.7 Å². The zero-order valence-electron chi connectivity index (χ0n) is 6.61. The molecule has 0 aliphatic heterocycles. The molecule has 1 rings (SSSR count). The van der Waals surface area contributed by atoms with Crippen LogP contribution in [0, 0.1) is 0 Å². The summed E-state index contributed by atoms with van der Waals surface area (Å²) in [7, 11) is 1.34. The number of phenolic OH excluding ortho intramolecular Hbond substituents is 2. The Morgan fingerprint density at radius 3 is 2.08 bits per heavy atom. The average molecular weight is 170 g/mol. The Morgan fingerprint density at radius 1 is 1.25 bits per heavy atom. The van der Waals surface area contributed by atoms with E-state index in [1.54, 1.807) is 0 Å². The zero-order chi connectivity index (χ0) is 9.14. The predicted octanol–water partition coefficient (Wildman–Crippen LogP) is 0.599. The van der Waals surface area contributed by atoms with Crippen LogP contribution in [0.2, 0.25) is 0 Å². The van der Waals surface area contributed by atoms with Gasteiger partial charge in [0.1, 0.15) is 0 Å². The van der Waals surface area contributed by atoms with E-state index in [0.29, 0.717) is 5.56 Å². The average Bonchev–Trinajstić information content (AvgIpc) is 2.03. The van der Waals surface area contributed by atoms with Gasteiger partial charge in [0.25, 0.3) is 0 Å². The third kappa shape index (κ3) is 1.43. The van der Waals surface area contributed by atoms with Gasteiger partial charge in [0, 0.05) is 0 Å². The minimum atomic E-state index is -0.231. The van der Waals surface area contributed by atoms with Crippen LogP contribution in [-0.2, 0) is 6.61 Å². The summed E-state index contributed by atoms with van der Waals surface area (Å²) in [6, 6.07) is 2.66. The second-order valence-electron chi connectivity index (χ2n) is 2.33. The van der Waals surface area contributed by atoms with Crippen molar-refractivity contribution >= 4 is 0 Å². The molecular weight excluding hydrogens is 160 g/mol. The fraction of sp³-hybridized carbons (Fsp3) is 0.250. The predicted molar refractivity (Wildman–Crippen MR) is 42.2 cm³/mol. The van der Waals surface area contributed by atoms with E-state index in [1.165, 1.54) is 19.2 Å². The SMILES string of the molecule is COc1c(O)cc(CO)cc1O. The van der Waals surface area contributed by atoms with E-state index in [1.807, 2.05) is 0 Å². The molecule has 0 unspecified atom stereocenters. The Balaban J connectivity index is 3.18. The van der Waals surface area contributed by atoms with Gasteiger partial charge in [0.15, 0.2) is 11.5 Å². The number of hydrogen-bond acceptors (Lipinski definition) is 4. The smallest absolute Gasteiger partial charge is 0.202 e. The van der Waals surface area contributed by atoms with Crippen molar-refractivity contribution in [3.8, 4) is 17.2 Å². The first kappa shape index (κ1) is 8.67. The number of benzene rings is 1. The molecule has 0 aliphatic carbocycles. The van der Waals surface area contributed by atoms with E-state index in [2.05, 4.69) is 0 Å². The molecule has 0 spiro atoms. The molecule has 0 fully saturated rings. The van der Waals surface area contributed by atoms with Gasteiger partial charge in [-0.2, -0.15) is 0 Å². The van der Waals surface area contributed by atoms with Gasteiger partial charge in [-0.05, 0) is 17.7 Å². The minimum Gasteiger partial charge on any atom is -0.504 e. The summed E-state index contributed by atoms with van der Waals surface area (Å²) in [6.45, 7) is -0.231. The van der Waals surface area contributed by atoms with Crippen molar-refractivity contribution in [2.75, 3.05) is 7.11 Å². The van der Waals surface area contributed by atoms with Crippen LogP contribution in [0.4, 0.5) is 0 Å². The first-order valence-corrected chi connectivity index (χ1v) is 3.38. The fourth-order valence-corrected chi connectivity index (χ4v) is 0.956. The number of ether oxygens (including phenoxy) is 1. The third-order valence-corrected chi connectivity index (χ3v) is 1.50. The molecule has 0 aliphatic rings. The summed E-state index contributed by atoms with van der Waals surface area (Å²) >= 11 is 0. The molecule has 0 saturated carbocycles.